The van der Waals surface area contributed by atoms with Crippen LogP contribution in [0.1, 0.15) is 13.8 Å². The molecule has 0 bridgehead atoms. The summed E-state index contributed by atoms with van der Waals surface area (Å²) in [6.07, 6.45) is 3.20. The van der Waals surface area contributed by atoms with Crippen LogP contribution in [0.4, 0.5) is 4.39 Å². The first-order valence-electron chi connectivity index (χ1n) is 7.18. The highest BCUT2D eigenvalue weighted by Crippen LogP contribution is 2.17. The molecule has 1 aromatic heterocycles. The lowest BCUT2D eigenvalue weighted by molar-refractivity contribution is -0.145. The summed E-state index contributed by atoms with van der Waals surface area (Å²) < 4.78 is 20.3. The Balaban J connectivity index is 2.28. The first-order chi connectivity index (χ1) is 10.9. The highest BCUT2D eigenvalue weighted by atomic mass is 127. The maximum Gasteiger partial charge on any atom is 0.325 e. The zero-order chi connectivity index (χ0) is 17.0. The number of hydrogen-bond donors (Lipinski definition) is 0. The molecule has 0 radical (unpaired) electrons. The van der Waals surface area contributed by atoms with Crippen molar-refractivity contribution in [3.05, 3.63) is 56.3 Å². The van der Waals surface area contributed by atoms with E-state index in [1.165, 1.54) is 12.1 Å². The van der Waals surface area contributed by atoms with Crippen molar-refractivity contribution in [3.8, 4) is 11.1 Å². The van der Waals surface area contributed by atoms with Gasteiger partial charge in [-0.3, -0.25) is 9.59 Å². The van der Waals surface area contributed by atoms with Crippen molar-refractivity contribution < 1.29 is 13.9 Å². The Bertz CT molecular complexity index is 753. The summed E-state index contributed by atoms with van der Waals surface area (Å²) in [6.45, 7) is 4.31. The van der Waals surface area contributed by atoms with Crippen LogP contribution in [0.3, 0.4) is 0 Å². The highest BCUT2D eigenvalue weighted by molar-refractivity contribution is 14.1. The molecule has 0 unspecified atom stereocenters. The number of carbonyl (C=O) groups is 1. The predicted octanol–water partition coefficient (Wildman–Crippen LogP) is 3.46. The van der Waals surface area contributed by atoms with Gasteiger partial charge in [0, 0.05) is 18.0 Å². The van der Waals surface area contributed by atoms with E-state index >= 15 is 0 Å². The first kappa shape index (κ1) is 17.7. The van der Waals surface area contributed by atoms with E-state index in [9.17, 15) is 14.0 Å². The van der Waals surface area contributed by atoms with Gasteiger partial charge in [-0.25, -0.2) is 4.39 Å². The number of aromatic nitrogens is 1. The molecule has 0 atom stereocenters. The molecule has 0 saturated heterocycles. The summed E-state index contributed by atoms with van der Waals surface area (Å²) in [5.41, 5.74) is 0.886. The van der Waals surface area contributed by atoms with Gasteiger partial charge in [0.15, 0.2) is 0 Å². The van der Waals surface area contributed by atoms with Crippen molar-refractivity contribution in [3.63, 3.8) is 0 Å². The fourth-order valence-electron chi connectivity index (χ4n) is 1.98. The van der Waals surface area contributed by atoms with Crippen LogP contribution in [-0.4, -0.2) is 17.1 Å². The van der Waals surface area contributed by atoms with Gasteiger partial charge in [0.05, 0.1) is 10.2 Å². The van der Waals surface area contributed by atoms with Crippen LogP contribution in [0.5, 0.6) is 0 Å². The molecule has 1 aromatic carbocycles. The third kappa shape index (κ3) is 4.89. The zero-order valence-electron chi connectivity index (χ0n) is 12.9. The Labute approximate surface area is 147 Å². The molecular formula is C17H17FINO3. The smallest absolute Gasteiger partial charge is 0.325 e. The van der Waals surface area contributed by atoms with Gasteiger partial charge in [-0.05, 0) is 46.2 Å². The molecule has 0 spiro atoms. The SMILES string of the molecule is CC(C)COC(=O)Cn1cc(I)c(=O)c(-c2ccc(F)cc2)c1. The first-order valence-corrected chi connectivity index (χ1v) is 8.26. The van der Waals surface area contributed by atoms with E-state index in [4.69, 9.17) is 4.74 Å². The van der Waals surface area contributed by atoms with Gasteiger partial charge in [-0.1, -0.05) is 26.0 Å². The van der Waals surface area contributed by atoms with E-state index < -0.39 is 0 Å². The van der Waals surface area contributed by atoms with Crippen LogP contribution < -0.4 is 5.43 Å². The van der Waals surface area contributed by atoms with Crippen molar-refractivity contribution in [2.75, 3.05) is 6.61 Å². The largest absolute Gasteiger partial charge is 0.464 e. The number of benzene rings is 1. The number of carbonyl (C=O) groups excluding carboxylic acids is 1. The molecule has 2 aromatic rings. The van der Waals surface area contributed by atoms with Crippen molar-refractivity contribution in [1.82, 2.24) is 4.57 Å². The topological polar surface area (TPSA) is 48.3 Å². The summed E-state index contributed by atoms with van der Waals surface area (Å²) in [7, 11) is 0. The van der Waals surface area contributed by atoms with Gasteiger partial charge >= 0.3 is 5.97 Å². The summed E-state index contributed by atoms with van der Waals surface area (Å²) in [5, 5.41) is 0. The van der Waals surface area contributed by atoms with Crippen molar-refractivity contribution in [1.29, 1.82) is 0 Å². The molecule has 0 aliphatic carbocycles. The van der Waals surface area contributed by atoms with Gasteiger partial charge < -0.3 is 9.30 Å². The normalized spacial score (nSPS) is 10.8. The van der Waals surface area contributed by atoms with E-state index in [0.717, 1.165) is 0 Å². The van der Waals surface area contributed by atoms with Crippen molar-refractivity contribution in [2.45, 2.75) is 20.4 Å². The second-order valence-electron chi connectivity index (χ2n) is 5.61. The minimum Gasteiger partial charge on any atom is -0.464 e. The minimum atomic E-state index is -0.364. The standard InChI is InChI=1S/C17H17FINO3/c1-11(2)10-23-16(21)9-20-7-14(17(22)15(19)8-20)12-3-5-13(18)6-4-12/h3-8,11H,9-10H2,1-2H3. The average molecular weight is 429 g/mol. The fourth-order valence-corrected chi connectivity index (χ4v) is 2.62. The molecule has 0 amide bonds. The third-order valence-corrected chi connectivity index (χ3v) is 3.85. The van der Waals surface area contributed by atoms with Crippen LogP contribution in [0.2, 0.25) is 0 Å². The quantitative estimate of drug-likeness (QED) is 0.541. The van der Waals surface area contributed by atoms with Crippen LogP contribution >= 0.6 is 22.6 Å². The molecule has 0 N–H and O–H groups in total. The minimum absolute atomic E-state index is 0.0250. The Morgan fingerprint density at radius 2 is 1.91 bits per heavy atom. The monoisotopic (exact) mass is 429 g/mol. The molecule has 1 heterocycles. The summed E-state index contributed by atoms with van der Waals surface area (Å²) in [5.74, 6) is -0.456. The number of hydrogen-bond acceptors (Lipinski definition) is 3. The summed E-state index contributed by atoms with van der Waals surface area (Å²) in [4.78, 5) is 24.1. The van der Waals surface area contributed by atoms with Crippen LogP contribution in [0, 0.1) is 15.3 Å². The van der Waals surface area contributed by atoms with Gasteiger partial charge in [-0.2, -0.15) is 0 Å². The van der Waals surface area contributed by atoms with E-state index in [0.29, 0.717) is 21.3 Å². The zero-order valence-corrected chi connectivity index (χ0v) is 15.0. The maximum atomic E-state index is 13.0. The van der Waals surface area contributed by atoms with E-state index in [2.05, 4.69) is 0 Å². The van der Waals surface area contributed by atoms with E-state index in [-0.39, 0.29) is 29.7 Å². The second kappa shape index (κ2) is 7.72. The number of ether oxygens (including phenoxy) is 1. The Morgan fingerprint density at radius 3 is 2.52 bits per heavy atom. The third-order valence-electron chi connectivity index (χ3n) is 3.08. The Hall–Kier alpha value is -1.70. The second-order valence-corrected chi connectivity index (χ2v) is 6.77. The molecule has 0 fully saturated rings. The Morgan fingerprint density at radius 1 is 1.26 bits per heavy atom. The van der Waals surface area contributed by atoms with Crippen LogP contribution in [0.15, 0.2) is 41.5 Å². The lowest BCUT2D eigenvalue weighted by atomic mass is 10.1. The number of pyridine rings is 1. The van der Waals surface area contributed by atoms with Gasteiger partial charge in [0.25, 0.3) is 0 Å². The van der Waals surface area contributed by atoms with Crippen LogP contribution in [0.25, 0.3) is 11.1 Å². The maximum absolute atomic E-state index is 13.0. The van der Waals surface area contributed by atoms with Crippen LogP contribution in [-0.2, 0) is 16.1 Å². The fraction of sp³-hybridized carbons (Fsp3) is 0.294. The highest BCUT2D eigenvalue weighted by Gasteiger charge is 2.11. The summed E-state index contributed by atoms with van der Waals surface area (Å²) in [6, 6.07) is 5.69. The van der Waals surface area contributed by atoms with E-state index in [1.807, 2.05) is 36.4 Å². The number of esters is 1. The molecule has 6 heteroatoms. The van der Waals surface area contributed by atoms with Gasteiger partial charge in [0.1, 0.15) is 12.4 Å². The Kier molecular flexibility index (Phi) is 5.92. The average Bonchev–Trinajstić information content (AvgIpc) is 2.49. The molecule has 122 valence electrons. The lowest BCUT2D eigenvalue weighted by Crippen LogP contribution is -2.19. The number of rotatable bonds is 5. The van der Waals surface area contributed by atoms with Gasteiger partial charge in [0.2, 0.25) is 5.43 Å². The molecule has 2 rings (SSSR count). The van der Waals surface area contributed by atoms with Crippen molar-refractivity contribution >= 4 is 28.6 Å². The predicted molar refractivity (Wildman–Crippen MR) is 94.6 cm³/mol. The molecular weight excluding hydrogens is 412 g/mol. The molecule has 0 saturated carbocycles. The molecule has 4 nitrogen and oxygen atoms in total. The molecule has 0 aliphatic heterocycles. The number of nitrogens with zero attached hydrogens (tertiary/aromatic N) is 1. The molecule has 23 heavy (non-hydrogen) atoms. The number of halogens is 2. The summed E-state index contributed by atoms with van der Waals surface area (Å²) >= 11 is 1.93. The lowest BCUT2D eigenvalue weighted by Gasteiger charge is -2.11. The molecule has 0 aliphatic rings. The van der Waals surface area contributed by atoms with E-state index in [1.54, 1.807) is 29.1 Å². The van der Waals surface area contributed by atoms with Gasteiger partial charge in [-0.15, -0.1) is 0 Å². The van der Waals surface area contributed by atoms with Crippen molar-refractivity contribution in [2.24, 2.45) is 5.92 Å².